The summed E-state index contributed by atoms with van der Waals surface area (Å²) in [6.45, 7) is 1.38. The van der Waals surface area contributed by atoms with E-state index in [1.165, 1.54) is 18.5 Å². The van der Waals surface area contributed by atoms with Crippen LogP contribution in [0.2, 0.25) is 0 Å². The van der Waals surface area contributed by atoms with Gasteiger partial charge in [0, 0.05) is 25.9 Å². The number of aliphatic hydroxyl groups excluding tert-OH is 1. The molecule has 2 heterocycles. The van der Waals surface area contributed by atoms with E-state index in [0.717, 1.165) is 6.42 Å². The van der Waals surface area contributed by atoms with Gasteiger partial charge in [-0.15, -0.1) is 0 Å². The molecule has 1 aliphatic heterocycles. The van der Waals surface area contributed by atoms with Crippen molar-refractivity contribution in [3.8, 4) is 0 Å². The number of nitrogens with one attached hydrogen (secondary N) is 1. The standard InChI is InChI=1S/C13H17N3O4/c17-4-2-9-1-3-16(8-9)13(20)15-11-5-10(12(18)19)6-14-7-11/h5-7,9,17H,1-4,8H2,(H,15,20)(H,18,19). The Morgan fingerprint density at radius 1 is 1.45 bits per heavy atom. The molecule has 0 radical (unpaired) electrons. The highest BCUT2D eigenvalue weighted by molar-refractivity contribution is 5.92. The fourth-order valence-corrected chi connectivity index (χ4v) is 2.26. The number of nitrogens with zero attached hydrogens (tertiary/aromatic N) is 2. The second kappa shape index (κ2) is 6.33. The van der Waals surface area contributed by atoms with Gasteiger partial charge >= 0.3 is 12.0 Å². The highest BCUT2D eigenvalue weighted by atomic mass is 16.4. The van der Waals surface area contributed by atoms with E-state index in [-0.39, 0.29) is 18.2 Å². The van der Waals surface area contributed by atoms with Crippen molar-refractivity contribution in [1.82, 2.24) is 9.88 Å². The molecule has 7 nitrogen and oxygen atoms in total. The number of hydrogen-bond acceptors (Lipinski definition) is 4. The Morgan fingerprint density at radius 3 is 2.95 bits per heavy atom. The van der Waals surface area contributed by atoms with Crippen LogP contribution in [0.4, 0.5) is 10.5 Å². The Kier molecular flexibility index (Phi) is 4.52. The number of carboxylic acid groups (broad SMARTS) is 1. The van der Waals surface area contributed by atoms with Crippen LogP contribution in [0.25, 0.3) is 0 Å². The average Bonchev–Trinajstić information content (AvgIpc) is 2.88. The zero-order chi connectivity index (χ0) is 14.5. The number of carbonyl (C=O) groups excluding carboxylic acids is 1. The fourth-order valence-electron chi connectivity index (χ4n) is 2.26. The second-order valence-corrected chi connectivity index (χ2v) is 4.81. The molecule has 1 aromatic heterocycles. The zero-order valence-electron chi connectivity index (χ0n) is 11.0. The first kappa shape index (κ1) is 14.3. The molecule has 3 N–H and O–H groups in total. The molecule has 20 heavy (non-hydrogen) atoms. The summed E-state index contributed by atoms with van der Waals surface area (Å²) in [6, 6.07) is 1.10. The summed E-state index contributed by atoms with van der Waals surface area (Å²) in [7, 11) is 0. The lowest BCUT2D eigenvalue weighted by atomic mass is 10.1. The van der Waals surface area contributed by atoms with Gasteiger partial charge in [0.05, 0.1) is 17.4 Å². The molecule has 7 heteroatoms. The number of aromatic nitrogens is 1. The minimum absolute atomic E-state index is 0.0300. The lowest BCUT2D eigenvalue weighted by Crippen LogP contribution is -2.33. The maximum absolute atomic E-state index is 12.0. The molecule has 0 bridgehead atoms. The number of carbonyl (C=O) groups is 2. The van der Waals surface area contributed by atoms with Crippen LogP contribution in [-0.2, 0) is 0 Å². The summed E-state index contributed by atoms with van der Waals surface area (Å²) >= 11 is 0. The van der Waals surface area contributed by atoms with Crippen LogP contribution in [-0.4, -0.2) is 51.8 Å². The number of pyridine rings is 1. The van der Waals surface area contributed by atoms with Gasteiger partial charge in [0.15, 0.2) is 0 Å². The van der Waals surface area contributed by atoms with Gasteiger partial charge in [-0.1, -0.05) is 0 Å². The van der Waals surface area contributed by atoms with Gasteiger partial charge in [-0.2, -0.15) is 0 Å². The van der Waals surface area contributed by atoms with Crippen molar-refractivity contribution in [3.63, 3.8) is 0 Å². The van der Waals surface area contributed by atoms with E-state index in [2.05, 4.69) is 10.3 Å². The highest BCUT2D eigenvalue weighted by Gasteiger charge is 2.25. The topological polar surface area (TPSA) is 103 Å². The zero-order valence-corrected chi connectivity index (χ0v) is 11.0. The third-order valence-electron chi connectivity index (χ3n) is 3.35. The maximum Gasteiger partial charge on any atom is 0.337 e. The molecule has 0 aromatic carbocycles. The Labute approximate surface area is 116 Å². The SMILES string of the molecule is O=C(O)c1cncc(NC(=O)N2CCC(CCO)C2)c1. The predicted octanol–water partition coefficient (Wildman–Crippen LogP) is 1.02. The van der Waals surface area contributed by atoms with Gasteiger partial charge < -0.3 is 20.4 Å². The van der Waals surface area contributed by atoms with E-state index in [1.807, 2.05) is 0 Å². The van der Waals surface area contributed by atoms with Crippen LogP contribution in [0.15, 0.2) is 18.5 Å². The van der Waals surface area contributed by atoms with Crippen LogP contribution >= 0.6 is 0 Å². The highest BCUT2D eigenvalue weighted by Crippen LogP contribution is 2.20. The van der Waals surface area contributed by atoms with Gasteiger partial charge in [0.25, 0.3) is 0 Å². The molecule has 1 aliphatic rings. The minimum atomic E-state index is -1.09. The van der Waals surface area contributed by atoms with Crippen LogP contribution in [0.3, 0.4) is 0 Å². The molecule has 1 atom stereocenters. The molecule has 2 amide bonds. The van der Waals surface area contributed by atoms with E-state index >= 15 is 0 Å². The number of likely N-dealkylation sites (tertiary alicyclic amines) is 1. The van der Waals surface area contributed by atoms with Gasteiger partial charge in [-0.25, -0.2) is 9.59 Å². The number of aromatic carboxylic acids is 1. The average molecular weight is 279 g/mol. The van der Waals surface area contributed by atoms with Crippen molar-refractivity contribution < 1.29 is 19.8 Å². The van der Waals surface area contributed by atoms with Gasteiger partial charge in [0.2, 0.25) is 0 Å². The van der Waals surface area contributed by atoms with Crippen molar-refractivity contribution in [2.75, 3.05) is 25.0 Å². The summed E-state index contributed by atoms with van der Waals surface area (Å²) in [5.41, 5.74) is 0.392. The summed E-state index contributed by atoms with van der Waals surface area (Å²) in [5.74, 6) is -0.757. The minimum Gasteiger partial charge on any atom is -0.478 e. The second-order valence-electron chi connectivity index (χ2n) is 4.81. The number of carboxylic acids is 1. The lowest BCUT2D eigenvalue weighted by Gasteiger charge is -2.17. The van der Waals surface area contributed by atoms with E-state index in [9.17, 15) is 9.59 Å². The molecule has 1 aromatic rings. The molecule has 2 rings (SSSR count). The van der Waals surface area contributed by atoms with Crippen LogP contribution in [0.5, 0.6) is 0 Å². The molecular weight excluding hydrogens is 262 g/mol. The molecule has 1 saturated heterocycles. The first-order valence-electron chi connectivity index (χ1n) is 6.45. The fraction of sp³-hybridized carbons (Fsp3) is 0.462. The first-order chi connectivity index (χ1) is 9.60. The number of amides is 2. The van der Waals surface area contributed by atoms with Crippen molar-refractivity contribution in [2.45, 2.75) is 12.8 Å². The molecule has 1 fully saturated rings. The van der Waals surface area contributed by atoms with E-state index in [1.54, 1.807) is 4.90 Å². The molecular formula is C13H17N3O4. The smallest absolute Gasteiger partial charge is 0.337 e. The Hall–Kier alpha value is -2.15. The molecule has 0 aliphatic carbocycles. The lowest BCUT2D eigenvalue weighted by molar-refractivity contribution is 0.0696. The Bertz CT molecular complexity index is 506. The van der Waals surface area contributed by atoms with E-state index < -0.39 is 5.97 Å². The maximum atomic E-state index is 12.0. The van der Waals surface area contributed by atoms with E-state index in [0.29, 0.717) is 31.1 Å². The molecule has 0 spiro atoms. The number of anilines is 1. The Morgan fingerprint density at radius 2 is 2.25 bits per heavy atom. The normalized spacial score (nSPS) is 18.1. The molecule has 0 saturated carbocycles. The third kappa shape index (κ3) is 3.45. The quantitative estimate of drug-likeness (QED) is 0.763. The summed E-state index contributed by atoms with van der Waals surface area (Å²) in [4.78, 5) is 28.3. The van der Waals surface area contributed by atoms with Crippen molar-refractivity contribution >= 4 is 17.7 Å². The van der Waals surface area contributed by atoms with E-state index in [4.69, 9.17) is 10.2 Å². The molecule has 108 valence electrons. The number of hydrogen-bond donors (Lipinski definition) is 3. The number of aliphatic hydroxyl groups is 1. The van der Waals surface area contributed by atoms with Crippen LogP contribution in [0, 0.1) is 5.92 Å². The molecule has 1 unspecified atom stereocenters. The summed E-state index contributed by atoms with van der Waals surface area (Å²) in [6.07, 6.45) is 4.21. The van der Waals surface area contributed by atoms with Crippen LogP contribution in [0.1, 0.15) is 23.2 Å². The van der Waals surface area contributed by atoms with Gasteiger partial charge in [0.1, 0.15) is 0 Å². The number of rotatable bonds is 4. The van der Waals surface area contributed by atoms with Crippen molar-refractivity contribution in [1.29, 1.82) is 0 Å². The van der Waals surface area contributed by atoms with Gasteiger partial charge in [-0.05, 0) is 24.8 Å². The first-order valence-corrected chi connectivity index (χ1v) is 6.45. The summed E-state index contributed by atoms with van der Waals surface area (Å²) in [5, 5.41) is 20.4. The van der Waals surface area contributed by atoms with Crippen molar-refractivity contribution in [3.05, 3.63) is 24.0 Å². The largest absolute Gasteiger partial charge is 0.478 e. The monoisotopic (exact) mass is 279 g/mol. The summed E-state index contributed by atoms with van der Waals surface area (Å²) < 4.78 is 0. The third-order valence-corrected chi connectivity index (χ3v) is 3.35. The predicted molar refractivity (Wildman–Crippen MR) is 71.6 cm³/mol. The number of urea groups is 1. The van der Waals surface area contributed by atoms with Crippen molar-refractivity contribution in [2.24, 2.45) is 5.92 Å². The van der Waals surface area contributed by atoms with Gasteiger partial charge in [-0.3, -0.25) is 4.98 Å². The Balaban J connectivity index is 1.95. The van der Waals surface area contributed by atoms with Crippen LogP contribution < -0.4 is 5.32 Å².